The quantitative estimate of drug-likeness (QED) is 0.760. The summed E-state index contributed by atoms with van der Waals surface area (Å²) in [6.07, 6.45) is 5.18. The first kappa shape index (κ1) is 9.55. The van der Waals surface area contributed by atoms with E-state index in [1.807, 2.05) is 0 Å². The van der Waals surface area contributed by atoms with Crippen LogP contribution in [-0.2, 0) is 11.3 Å². The van der Waals surface area contributed by atoms with Crippen molar-refractivity contribution in [2.24, 2.45) is 5.41 Å². The number of ether oxygens (including phenoxy) is 1. The fourth-order valence-electron chi connectivity index (χ4n) is 1.47. The van der Waals surface area contributed by atoms with E-state index in [-0.39, 0.29) is 0 Å². The summed E-state index contributed by atoms with van der Waals surface area (Å²) in [6.45, 7) is 5.70. The Morgan fingerprint density at radius 2 is 2.36 bits per heavy atom. The molecular formula is C10H15N3O. The van der Waals surface area contributed by atoms with Gasteiger partial charge in [0.05, 0.1) is 18.9 Å². The monoisotopic (exact) mass is 193 g/mol. The number of nitrogens with one attached hydrogen (secondary N) is 1. The molecule has 14 heavy (non-hydrogen) atoms. The summed E-state index contributed by atoms with van der Waals surface area (Å²) in [6, 6.07) is 0. The van der Waals surface area contributed by atoms with Crippen LogP contribution in [0.1, 0.15) is 12.6 Å². The van der Waals surface area contributed by atoms with E-state index < -0.39 is 0 Å². The van der Waals surface area contributed by atoms with Gasteiger partial charge in [-0.25, -0.2) is 0 Å². The van der Waals surface area contributed by atoms with Crippen molar-refractivity contribution in [1.82, 2.24) is 15.3 Å². The molecule has 76 valence electrons. The molecule has 1 aliphatic rings. The molecule has 2 rings (SSSR count). The van der Waals surface area contributed by atoms with Crippen molar-refractivity contribution in [3.05, 3.63) is 24.3 Å². The van der Waals surface area contributed by atoms with Gasteiger partial charge in [-0.05, 0) is 0 Å². The van der Waals surface area contributed by atoms with Gasteiger partial charge in [0.25, 0.3) is 0 Å². The maximum atomic E-state index is 5.17. The van der Waals surface area contributed by atoms with Crippen LogP contribution in [0.2, 0.25) is 0 Å². The van der Waals surface area contributed by atoms with Crippen molar-refractivity contribution in [3.63, 3.8) is 0 Å². The van der Waals surface area contributed by atoms with Gasteiger partial charge in [0.1, 0.15) is 0 Å². The van der Waals surface area contributed by atoms with Gasteiger partial charge in [-0.3, -0.25) is 9.97 Å². The Morgan fingerprint density at radius 3 is 2.93 bits per heavy atom. The lowest BCUT2D eigenvalue weighted by Crippen LogP contribution is -2.47. The van der Waals surface area contributed by atoms with Crippen molar-refractivity contribution in [2.75, 3.05) is 19.8 Å². The number of hydrogen-bond acceptors (Lipinski definition) is 4. The first-order chi connectivity index (χ1) is 6.79. The van der Waals surface area contributed by atoms with Crippen LogP contribution in [0.15, 0.2) is 18.6 Å². The molecule has 1 N–H and O–H groups in total. The first-order valence-corrected chi connectivity index (χ1v) is 4.82. The van der Waals surface area contributed by atoms with E-state index in [1.54, 1.807) is 18.6 Å². The molecule has 4 nitrogen and oxygen atoms in total. The molecule has 0 radical (unpaired) electrons. The van der Waals surface area contributed by atoms with E-state index in [9.17, 15) is 0 Å². The number of rotatable bonds is 4. The van der Waals surface area contributed by atoms with Crippen LogP contribution in [0.4, 0.5) is 0 Å². The molecule has 0 saturated carbocycles. The lowest BCUT2D eigenvalue weighted by molar-refractivity contribution is -0.0991. The second-order valence-electron chi connectivity index (χ2n) is 4.10. The van der Waals surface area contributed by atoms with Crippen LogP contribution in [0.25, 0.3) is 0 Å². The fraction of sp³-hybridized carbons (Fsp3) is 0.600. The van der Waals surface area contributed by atoms with Gasteiger partial charge in [-0.1, -0.05) is 6.92 Å². The predicted molar refractivity (Wildman–Crippen MR) is 52.7 cm³/mol. The van der Waals surface area contributed by atoms with E-state index >= 15 is 0 Å². The molecule has 1 aliphatic heterocycles. The summed E-state index contributed by atoms with van der Waals surface area (Å²) in [7, 11) is 0. The van der Waals surface area contributed by atoms with Crippen molar-refractivity contribution in [1.29, 1.82) is 0 Å². The summed E-state index contributed by atoms with van der Waals surface area (Å²) < 4.78 is 5.17. The van der Waals surface area contributed by atoms with Crippen LogP contribution in [0.3, 0.4) is 0 Å². The molecule has 2 heterocycles. The molecule has 0 aromatic carbocycles. The molecule has 0 aliphatic carbocycles. The molecule has 1 saturated heterocycles. The van der Waals surface area contributed by atoms with Gasteiger partial charge < -0.3 is 10.1 Å². The zero-order chi connectivity index (χ0) is 9.86. The largest absolute Gasteiger partial charge is 0.380 e. The van der Waals surface area contributed by atoms with E-state index in [2.05, 4.69) is 22.2 Å². The predicted octanol–water partition coefficient (Wildman–Crippen LogP) is 0.603. The average Bonchev–Trinajstić information content (AvgIpc) is 2.17. The third-order valence-electron chi connectivity index (χ3n) is 2.38. The molecule has 0 spiro atoms. The molecular weight excluding hydrogens is 178 g/mol. The Labute approximate surface area is 83.7 Å². The molecule has 4 heteroatoms. The lowest BCUT2D eigenvalue weighted by Gasteiger charge is -2.38. The van der Waals surface area contributed by atoms with Crippen molar-refractivity contribution < 1.29 is 4.74 Å². The summed E-state index contributed by atoms with van der Waals surface area (Å²) in [5.74, 6) is 0. The molecule has 0 unspecified atom stereocenters. The van der Waals surface area contributed by atoms with Gasteiger partial charge in [0.15, 0.2) is 0 Å². The number of nitrogens with zero attached hydrogens (tertiary/aromatic N) is 2. The van der Waals surface area contributed by atoms with Crippen molar-refractivity contribution in [3.8, 4) is 0 Å². The molecule has 1 aromatic rings. The highest BCUT2D eigenvalue weighted by atomic mass is 16.5. The molecule has 0 amide bonds. The van der Waals surface area contributed by atoms with Gasteiger partial charge in [0, 0.05) is 37.1 Å². The van der Waals surface area contributed by atoms with E-state index in [0.717, 1.165) is 32.0 Å². The standard InChI is InChI=1S/C10H15N3O/c1-10(7-14-8-10)6-12-5-9-4-11-2-3-13-9/h2-4,12H,5-8H2,1H3. The first-order valence-electron chi connectivity index (χ1n) is 4.82. The highest BCUT2D eigenvalue weighted by Gasteiger charge is 2.32. The third kappa shape index (κ3) is 2.27. The topological polar surface area (TPSA) is 47.0 Å². The number of aromatic nitrogens is 2. The third-order valence-corrected chi connectivity index (χ3v) is 2.38. The van der Waals surface area contributed by atoms with Gasteiger partial charge >= 0.3 is 0 Å². The molecule has 1 fully saturated rings. The Morgan fingerprint density at radius 1 is 1.50 bits per heavy atom. The molecule has 0 bridgehead atoms. The van der Waals surface area contributed by atoms with E-state index in [1.165, 1.54) is 0 Å². The summed E-state index contributed by atoms with van der Waals surface area (Å²) in [4.78, 5) is 8.19. The minimum Gasteiger partial charge on any atom is -0.380 e. The minimum absolute atomic E-state index is 0.322. The van der Waals surface area contributed by atoms with Crippen molar-refractivity contribution in [2.45, 2.75) is 13.5 Å². The Kier molecular flexibility index (Phi) is 2.74. The normalized spacial score (nSPS) is 18.9. The zero-order valence-electron chi connectivity index (χ0n) is 8.36. The summed E-state index contributed by atoms with van der Waals surface area (Å²) >= 11 is 0. The zero-order valence-corrected chi connectivity index (χ0v) is 8.36. The van der Waals surface area contributed by atoms with Crippen molar-refractivity contribution >= 4 is 0 Å². The Hall–Kier alpha value is -1.00. The molecule has 0 atom stereocenters. The van der Waals surface area contributed by atoms with Crippen LogP contribution >= 0.6 is 0 Å². The average molecular weight is 193 g/mol. The Bertz CT molecular complexity index is 285. The van der Waals surface area contributed by atoms with Gasteiger partial charge in [-0.2, -0.15) is 0 Å². The van der Waals surface area contributed by atoms with Crippen LogP contribution in [-0.4, -0.2) is 29.7 Å². The van der Waals surface area contributed by atoms with Crippen LogP contribution in [0, 0.1) is 5.41 Å². The second-order valence-corrected chi connectivity index (χ2v) is 4.10. The SMILES string of the molecule is CC1(CNCc2cnccn2)COC1. The highest BCUT2D eigenvalue weighted by Crippen LogP contribution is 2.24. The highest BCUT2D eigenvalue weighted by molar-refractivity contribution is 4.94. The van der Waals surface area contributed by atoms with Crippen LogP contribution in [0.5, 0.6) is 0 Å². The lowest BCUT2D eigenvalue weighted by atomic mass is 9.89. The summed E-state index contributed by atoms with van der Waals surface area (Å²) in [5, 5.41) is 3.36. The number of hydrogen-bond donors (Lipinski definition) is 1. The maximum Gasteiger partial charge on any atom is 0.0724 e. The molecule has 1 aromatic heterocycles. The van der Waals surface area contributed by atoms with E-state index in [0.29, 0.717) is 5.41 Å². The van der Waals surface area contributed by atoms with Crippen LogP contribution < -0.4 is 5.32 Å². The minimum atomic E-state index is 0.322. The van der Waals surface area contributed by atoms with Gasteiger partial charge in [-0.15, -0.1) is 0 Å². The fourth-order valence-corrected chi connectivity index (χ4v) is 1.47. The Balaban J connectivity index is 1.73. The second kappa shape index (κ2) is 4.02. The smallest absolute Gasteiger partial charge is 0.0724 e. The van der Waals surface area contributed by atoms with E-state index in [4.69, 9.17) is 4.74 Å². The van der Waals surface area contributed by atoms with Gasteiger partial charge in [0.2, 0.25) is 0 Å². The summed E-state index contributed by atoms with van der Waals surface area (Å²) in [5.41, 5.74) is 1.30. The maximum absolute atomic E-state index is 5.17.